The summed E-state index contributed by atoms with van der Waals surface area (Å²) in [5.41, 5.74) is -5.21. The second kappa shape index (κ2) is 7.18. The van der Waals surface area contributed by atoms with Crippen LogP contribution in [0.1, 0.15) is 0 Å². The Morgan fingerprint density at radius 2 is 0.812 bits per heavy atom. The van der Waals surface area contributed by atoms with Gasteiger partial charge in [0, 0.05) is 0 Å². The highest BCUT2D eigenvalue weighted by Gasteiger charge is 2.37. The van der Waals surface area contributed by atoms with E-state index < -0.39 is 25.6 Å². The molecule has 3 N–H and O–H groups in total. The summed E-state index contributed by atoms with van der Waals surface area (Å²) < 4.78 is 0. The van der Waals surface area contributed by atoms with Crippen LogP contribution in [0.4, 0.5) is 14.4 Å². The first-order valence-electron chi connectivity index (χ1n) is 4.15. The van der Waals surface area contributed by atoms with Crippen molar-refractivity contribution in [2.75, 3.05) is 0 Å². The van der Waals surface area contributed by atoms with Gasteiger partial charge in [-0.3, -0.25) is 14.4 Å². The molecular weight excluding hydrogens is 232 g/mol. The quantitative estimate of drug-likeness (QED) is 0.695. The molecule has 0 heterocycles. The lowest BCUT2D eigenvalue weighted by Crippen LogP contribution is -2.40. The number of rotatable bonds is 3. The zero-order valence-electron chi connectivity index (χ0n) is 8.11. The van der Waals surface area contributed by atoms with E-state index in [1.807, 2.05) is 36.4 Å². The van der Waals surface area contributed by atoms with Crippen molar-refractivity contribution in [3.63, 3.8) is 0 Å². The Bertz CT molecular complexity index is 304. The van der Waals surface area contributed by atoms with E-state index in [4.69, 9.17) is 15.3 Å². The fourth-order valence-electron chi connectivity index (χ4n) is 0.702. The van der Waals surface area contributed by atoms with Gasteiger partial charge >= 0.3 is 8.80 Å². The smallest absolute Gasteiger partial charge is 0.417 e. The van der Waals surface area contributed by atoms with E-state index in [1.165, 1.54) is 0 Å². The van der Waals surface area contributed by atoms with Crippen LogP contribution in [0.2, 0.25) is 0 Å². The minimum absolute atomic E-state index is 1.74. The van der Waals surface area contributed by atoms with Crippen molar-refractivity contribution in [3.8, 4) is 0 Å². The summed E-state index contributed by atoms with van der Waals surface area (Å²) in [5, 5.41) is 24.0. The summed E-state index contributed by atoms with van der Waals surface area (Å²) in [4.78, 5) is 29.6. The molecule has 86 valence electrons. The van der Waals surface area contributed by atoms with Crippen molar-refractivity contribution in [1.82, 2.24) is 0 Å². The van der Waals surface area contributed by atoms with E-state index in [0.717, 1.165) is 0 Å². The molecule has 16 heavy (non-hydrogen) atoms. The van der Waals surface area contributed by atoms with Gasteiger partial charge in [-0.25, -0.2) is 0 Å². The maximum atomic E-state index is 9.88. The van der Waals surface area contributed by atoms with Crippen molar-refractivity contribution >= 4 is 25.6 Å². The fraction of sp³-hybridized carbons (Fsp3) is 0. The third kappa shape index (κ3) is 5.55. The van der Waals surface area contributed by atoms with Gasteiger partial charge in [-0.15, -0.1) is 0 Å². The molecule has 0 aliphatic heterocycles. The Hall–Kier alpha value is -2.15. The van der Waals surface area contributed by atoms with Crippen molar-refractivity contribution < 1.29 is 29.7 Å². The molecule has 0 aromatic heterocycles. The van der Waals surface area contributed by atoms with Gasteiger partial charge in [0.1, 0.15) is 0 Å². The predicted molar refractivity (Wildman–Crippen MR) is 57.7 cm³/mol. The number of benzene rings is 1. The number of carbonyl (C=O) groups is 3. The van der Waals surface area contributed by atoms with Crippen LogP contribution in [0.5, 0.6) is 0 Å². The standard InChI is InChI=1S/C6H6.C3H4O6Si/c1-2-4-6-5-3-1;4-1(5)10(2(6)7)3(8)9/h1-6H;10H,(H,4,5)(H,6,7)(H,8,9). The van der Waals surface area contributed by atoms with E-state index >= 15 is 0 Å². The van der Waals surface area contributed by atoms with Crippen molar-refractivity contribution in [1.29, 1.82) is 0 Å². The molecule has 1 aromatic rings. The monoisotopic (exact) mass is 242 g/mol. The van der Waals surface area contributed by atoms with Crippen LogP contribution in [-0.2, 0) is 0 Å². The zero-order chi connectivity index (χ0) is 12.6. The van der Waals surface area contributed by atoms with Gasteiger partial charge in [0.15, 0.2) is 0 Å². The lowest BCUT2D eigenvalue weighted by atomic mass is 10.4. The van der Waals surface area contributed by atoms with E-state index in [9.17, 15) is 14.4 Å². The first kappa shape index (κ1) is 13.8. The average molecular weight is 242 g/mol. The third-order valence-electron chi connectivity index (χ3n) is 1.41. The first-order valence-corrected chi connectivity index (χ1v) is 5.88. The first-order chi connectivity index (χ1) is 7.46. The lowest BCUT2D eigenvalue weighted by Gasteiger charge is -1.95. The van der Waals surface area contributed by atoms with Crippen LogP contribution in [-0.4, -0.2) is 40.9 Å². The van der Waals surface area contributed by atoms with Gasteiger partial charge in [-0.05, 0) is 0 Å². The van der Waals surface area contributed by atoms with Crippen LogP contribution in [0, 0.1) is 0 Å². The van der Waals surface area contributed by atoms with Crippen LogP contribution in [0.3, 0.4) is 0 Å². The molecule has 6 nitrogen and oxygen atoms in total. The second-order valence-electron chi connectivity index (χ2n) is 2.60. The zero-order valence-corrected chi connectivity index (χ0v) is 9.26. The molecule has 0 amide bonds. The highest BCUT2D eigenvalue weighted by atomic mass is 28.3. The normalized spacial score (nSPS) is 8.81. The number of carboxylic acid groups (broad SMARTS) is 3. The van der Waals surface area contributed by atoms with Crippen molar-refractivity contribution in [2.24, 2.45) is 0 Å². The minimum Gasteiger partial charge on any atom is -0.485 e. The molecule has 0 saturated heterocycles. The molecule has 0 saturated carbocycles. The number of hydrogen-bond donors (Lipinski definition) is 3. The van der Waals surface area contributed by atoms with Gasteiger partial charge in [0.05, 0.1) is 0 Å². The van der Waals surface area contributed by atoms with E-state index in [1.54, 1.807) is 0 Å². The lowest BCUT2D eigenvalue weighted by molar-refractivity contribution is 0.204. The Kier molecular flexibility index (Phi) is 6.21. The van der Waals surface area contributed by atoms with Gasteiger partial charge in [-0.2, -0.15) is 0 Å². The predicted octanol–water partition coefficient (Wildman–Crippen LogP) is 1.68. The van der Waals surface area contributed by atoms with E-state index in [0.29, 0.717) is 0 Å². The molecule has 0 aliphatic carbocycles. The highest BCUT2D eigenvalue weighted by Crippen LogP contribution is 1.88. The molecule has 7 heteroatoms. The van der Waals surface area contributed by atoms with Crippen LogP contribution < -0.4 is 0 Å². The summed E-state index contributed by atoms with van der Waals surface area (Å²) in [7, 11) is -3.70. The second-order valence-corrected chi connectivity index (χ2v) is 4.95. The molecule has 0 aliphatic rings. The Labute approximate surface area is 92.4 Å². The number of hydrogen-bond acceptors (Lipinski definition) is 3. The molecule has 0 fully saturated rings. The minimum atomic E-state index is -3.70. The third-order valence-corrected chi connectivity index (χ3v) is 2.89. The summed E-state index contributed by atoms with van der Waals surface area (Å²) in [6.07, 6.45) is 0. The molecule has 0 bridgehead atoms. The molecule has 1 rings (SSSR count). The topological polar surface area (TPSA) is 112 Å². The maximum Gasteiger partial charge on any atom is 0.417 e. The summed E-state index contributed by atoms with van der Waals surface area (Å²) >= 11 is 0. The Morgan fingerprint density at radius 3 is 0.875 bits per heavy atom. The van der Waals surface area contributed by atoms with Crippen molar-refractivity contribution in [3.05, 3.63) is 36.4 Å². The summed E-state index contributed by atoms with van der Waals surface area (Å²) in [5.74, 6) is 0. The maximum absolute atomic E-state index is 9.88. The van der Waals surface area contributed by atoms with Gasteiger partial charge in [-0.1, -0.05) is 36.4 Å². The average Bonchev–Trinajstić information content (AvgIpc) is 2.19. The molecule has 0 unspecified atom stereocenters. The van der Waals surface area contributed by atoms with Crippen LogP contribution in [0.25, 0.3) is 0 Å². The van der Waals surface area contributed by atoms with Crippen LogP contribution in [0.15, 0.2) is 36.4 Å². The molecule has 0 radical (unpaired) electrons. The van der Waals surface area contributed by atoms with Crippen LogP contribution >= 0.6 is 0 Å². The van der Waals surface area contributed by atoms with E-state index in [-0.39, 0.29) is 0 Å². The highest BCUT2D eigenvalue weighted by molar-refractivity contribution is 7.25. The fourth-order valence-corrected chi connectivity index (χ4v) is 1.34. The van der Waals surface area contributed by atoms with E-state index in [2.05, 4.69) is 0 Å². The van der Waals surface area contributed by atoms with Gasteiger partial charge in [0.25, 0.3) is 16.8 Å². The molecule has 1 aromatic carbocycles. The SMILES string of the molecule is O=C(O)[SiH](C(=O)O)C(=O)O.c1ccccc1. The Morgan fingerprint density at radius 1 is 0.625 bits per heavy atom. The largest absolute Gasteiger partial charge is 0.485 e. The molecule has 0 spiro atoms. The van der Waals surface area contributed by atoms with Gasteiger partial charge in [0.2, 0.25) is 0 Å². The van der Waals surface area contributed by atoms with Crippen molar-refractivity contribution in [2.45, 2.75) is 0 Å². The summed E-state index contributed by atoms with van der Waals surface area (Å²) in [6.45, 7) is 0. The summed E-state index contributed by atoms with van der Waals surface area (Å²) in [6, 6.07) is 12.0. The molecule has 0 atom stereocenters. The van der Waals surface area contributed by atoms with Gasteiger partial charge < -0.3 is 15.3 Å². The Balaban J connectivity index is 0.000000315. The molecular formula is C9H10O6Si.